The van der Waals surface area contributed by atoms with Gasteiger partial charge in [0, 0.05) is 38.6 Å². The lowest BCUT2D eigenvalue weighted by molar-refractivity contribution is 0.669. The number of hydrogen-bond donors (Lipinski definition) is 0. The molecule has 0 amide bonds. The van der Waals surface area contributed by atoms with E-state index in [9.17, 15) is 0 Å². The molecule has 0 saturated carbocycles. The highest BCUT2D eigenvalue weighted by Gasteiger charge is 2.21. The van der Waals surface area contributed by atoms with E-state index < -0.39 is 0 Å². The van der Waals surface area contributed by atoms with Gasteiger partial charge in [0.2, 0.25) is 0 Å². The number of para-hydroxylation sites is 4. The fourth-order valence-electron chi connectivity index (χ4n) is 8.36. The fourth-order valence-corrected chi connectivity index (χ4v) is 8.36. The van der Waals surface area contributed by atoms with Crippen molar-refractivity contribution < 1.29 is 4.42 Å². The van der Waals surface area contributed by atoms with E-state index in [4.69, 9.17) is 4.42 Å². The highest BCUT2D eigenvalue weighted by atomic mass is 16.3. The largest absolute Gasteiger partial charge is 0.454 e. The summed E-state index contributed by atoms with van der Waals surface area (Å²) < 4.78 is 9.03. The third kappa shape index (κ3) is 5.20. The lowest BCUT2D eigenvalue weighted by Gasteiger charge is -2.26. The monoisotopic (exact) mass is 702 g/mol. The molecule has 55 heavy (non-hydrogen) atoms. The average Bonchev–Trinajstić information content (AvgIpc) is 3.81. The van der Waals surface area contributed by atoms with Gasteiger partial charge in [0.25, 0.3) is 0 Å². The third-order valence-corrected chi connectivity index (χ3v) is 11.0. The Kier molecular flexibility index (Phi) is 7.17. The number of rotatable bonds is 6. The van der Waals surface area contributed by atoms with Crippen molar-refractivity contribution in [3.8, 4) is 27.9 Å². The second-order valence-electron chi connectivity index (χ2n) is 14.2. The van der Waals surface area contributed by atoms with Crippen LogP contribution in [-0.4, -0.2) is 4.57 Å². The van der Waals surface area contributed by atoms with Gasteiger partial charge in [-0.2, -0.15) is 0 Å². The molecular weight excluding hydrogens is 669 g/mol. The minimum absolute atomic E-state index is 0.859. The van der Waals surface area contributed by atoms with Crippen molar-refractivity contribution in [1.29, 1.82) is 0 Å². The Hall–Kier alpha value is -7.36. The number of nitrogens with zero attached hydrogens (tertiary/aromatic N) is 2. The number of anilines is 3. The van der Waals surface area contributed by atoms with E-state index >= 15 is 0 Å². The molecule has 0 aliphatic carbocycles. The van der Waals surface area contributed by atoms with Crippen LogP contribution < -0.4 is 4.90 Å². The first-order chi connectivity index (χ1) is 27.3. The summed E-state index contributed by atoms with van der Waals surface area (Å²) in [4.78, 5) is 2.33. The van der Waals surface area contributed by atoms with Gasteiger partial charge in [0.05, 0.1) is 16.7 Å². The van der Waals surface area contributed by atoms with Gasteiger partial charge in [-0.15, -0.1) is 0 Å². The molecule has 0 N–H and O–H groups in total. The van der Waals surface area contributed by atoms with Gasteiger partial charge >= 0.3 is 0 Å². The molecule has 0 spiro atoms. The number of fused-ring (bicyclic) bond motifs is 7. The molecule has 0 aliphatic rings. The summed E-state index contributed by atoms with van der Waals surface area (Å²) in [5.41, 5.74) is 13.0. The summed E-state index contributed by atoms with van der Waals surface area (Å²) in [6.07, 6.45) is 0. The summed E-state index contributed by atoms with van der Waals surface area (Å²) in [6.45, 7) is 0. The Bertz CT molecular complexity index is 3170. The Morgan fingerprint density at radius 3 is 1.76 bits per heavy atom. The van der Waals surface area contributed by atoms with Gasteiger partial charge in [-0.05, 0) is 99.8 Å². The van der Waals surface area contributed by atoms with Crippen molar-refractivity contribution in [2.45, 2.75) is 0 Å². The molecule has 2 heterocycles. The van der Waals surface area contributed by atoms with Gasteiger partial charge in [0.1, 0.15) is 5.58 Å². The topological polar surface area (TPSA) is 21.3 Å². The van der Waals surface area contributed by atoms with Crippen LogP contribution >= 0.6 is 0 Å². The van der Waals surface area contributed by atoms with E-state index in [1.807, 2.05) is 12.1 Å². The quantitative estimate of drug-likeness (QED) is 0.172. The minimum atomic E-state index is 0.859. The number of furan rings is 1. The van der Waals surface area contributed by atoms with Crippen LogP contribution in [0.2, 0.25) is 0 Å². The standard InChI is InChI=1S/C52H34N2O/c1-2-13-37-33-40(27-26-35(37)12-1)39-15-9-14-38(32-39)36-28-30-41(31-29-36)53(50-24-11-21-47-46-20-5-8-25-51(46)55-52(47)50)42-16-10-17-43(34-42)54-48-22-6-3-18-44(48)45-19-4-7-23-49(45)54/h1-34H. The zero-order valence-corrected chi connectivity index (χ0v) is 29.9. The van der Waals surface area contributed by atoms with Crippen LogP contribution in [0.1, 0.15) is 0 Å². The molecule has 0 unspecified atom stereocenters. The first kappa shape index (κ1) is 31.2. The molecule has 2 aromatic heterocycles. The van der Waals surface area contributed by atoms with Crippen molar-refractivity contribution in [1.82, 2.24) is 4.57 Å². The summed E-state index contributed by atoms with van der Waals surface area (Å²) in [5.74, 6) is 0. The maximum atomic E-state index is 6.65. The first-order valence-electron chi connectivity index (χ1n) is 18.8. The maximum absolute atomic E-state index is 6.65. The van der Waals surface area contributed by atoms with Crippen LogP contribution in [0.15, 0.2) is 211 Å². The predicted molar refractivity (Wildman–Crippen MR) is 231 cm³/mol. The Balaban J connectivity index is 1.06. The third-order valence-electron chi connectivity index (χ3n) is 11.0. The van der Waals surface area contributed by atoms with E-state index in [0.29, 0.717) is 0 Å². The lowest BCUT2D eigenvalue weighted by Crippen LogP contribution is -2.11. The predicted octanol–water partition coefficient (Wildman–Crippen LogP) is 14.6. The van der Waals surface area contributed by atoms with Crippen LogP contribution in [0.4, 0.5) is 17.1 Å². The number of benzene rings is 9. The number of hydrogen-bond acceptors (Lipinski definition) is 2. The van der Waals surface area contributed by atoms with E-state index in [0.717, 1.165) is 50.3 Å². The summed E-state index contributed by atoms with van der Waals surface area (Å²) in [5, 5.41) is 7.19. The molecule has 0 fully saturated rings. The Morgan fingerprint density at radius 1 is 0.364 bits per heavy atom. The molecule has 9 aromatic carbocycles. The van der Waals surface area contributed by atoms with Crippen molar-refractivity contribution >= 4 is 71.6 Å². The van der Waals surface area contributed by atoms with E-state index in [1.54, 1.807) is 0 Å². The average molecular weight is 703 g/mol. The highest BCUT2D eigenvalue weighted by molar-refractivity contribution is 6.11. The molecule has 11 rings (SSSR count). The van der Waals surface area contributed by atoms with Gasteiger partial charge in [-0.3, -0.25) is 0 Å². The van der Waals surface area contributed by atoms with Crippen molar-refractivity contribution in [2.75, 3.05) is 4.90 Å². The molecule has 3 nitrogen and oxygen atoms in total. The SMILES string of the molecule is c1cc(-c2ccc(N(c3cccc(-n4c5ccccc5c5ccccc54)c3)c3cccc4c3oc3ccccc34)cc2)cc(-c2ccc3ccccc3c2)c1. The van der Waals surface area contributed by atoms with Gasteiger partial charge < -0.3 is 13.9 Å². The molecule has 11 aromatic rings. The smallest absolute Gasteiger partial charge is 0.159 e. The molecular formula is C52H34N2O. The van der Waals surface area contributed by atoms with Crippen LogP contribution in [0.5, 0.6) is 0 Å². The van der Waals surface area contributed by atoms with Gasteiger partial charge in [-0.1, -0.05) is 140 Å². The molecule has 0 atom stereocenters. The molecule has 0 aliphatic heterocycles. The van der Waals surface area contributed by atoms with E-state index in [-0.39, 0.29) is 0 Å². The van der Waals surface area contributed by atoms with Crippen LogP contribution in [0, 0.1) is 0 Å². The van der Waals surface area contributed by atoms with Gasteiger partial charge in [0.15, 0.2) is 5.58 Å². The van der Waals surface area contributed by atoms with Crippen molar-refractivity contribution in [3.63, 3.8) is 0 Å². The summed E-state index contributed by atoms with van der Waals surface area (Å²) in [6, 6.07) is 73.9. The van der Waals surface area contributed by atoms with E-state index in [2.05, 4.69) is 204 Å². The highest BCUT2D eigenvalue weighted by Crippen LogP contribution is 2.43. The van der Waals surface area contributed by atoms with E-state index in [1.165, 1.54) is 49.3 Å². The normalized spacial score (nSPS) is 11.6. The molecule has 0 saturated heterocycles. The second-order valence-corrected chi connectivity index (χ2v) is 14.2. The Labute approximate surface area is 318 Å². The summed E-state index contributed by atoms with van der Waals surface area (Å²) >= 11 is 0. The fraction of sp³-hybridized carbons (Fsp3) is 0. The zero-order valence-electron chi connectivity index (χ0n) is 29.9. The zero-order chi connectivity index (χ0) is 36.3. The van der Waals surface area contributed by atoms with Crippen LogP contribution in [0.3, 0.4) is 0 Å². The van der Waals surface area contributed by atoms with Crippen molar-refractivity contribution in [3.05, 3.63) is 206 Å². The number of aromatic nitrogens is 1. The molecule has 0 radical (unpaired) electrons. The molecule has 3 heteroatoms. The van der Waals surface area contributed by atoms with Crippen molar-refractivity contribution in [2.24, 2.45) is 0 Å². The maximum Gasteiger partial charge on any atom is 0.159 e. The summed E-state index contributed by atoms with van der Waals surface area (Å²) in [7, 11) is 0. The van der Waals surface area contributed by atoms with Gasteiger partial charge in [-0.25, -0.2) is 0 Å². The minimum Gasteiger partial charge on any atom is -0.454 e. The molecule has 258 valence electrons. The Morgan fingerprint density at radius 2 is 0.964 bits per heavy atom. The molecule has 0 bridgehead atoms. The van der Waals surface area contributed by atoms with Crippen LogP contribution in [0.25, 0.3) is 82.5 Å². The second kappa shape index (κ2) is 12.6. The first-order valence-corrected chi connectivity index (χ1v) is 18.8. The van der Waals surface area contributed by atoms with Crippen LogP contribution in [-0.2, 0) is 0 Å². The lowest BCUT2D eigenvalue weighted by atomic mass is 9.97.